The van der Waals surface area contributed by atoms with E-state index in [2.05, 4.69) is 0 Å². The van der Waals surface area contributed by atoms with E-state index in [1.54, 1.807) is 6.92 Å². The number of hydrogen-bond acceptors (Lipinski definition) is 5. The van der Waals surface area contributed by atoms with E-state index < -0.39 is 8.80 Å². The van der Waals surface area contributed by atoms with Gasteiger partial charge in [0.05, 0.1) is 0 Å². The van der Waals surface area contributed by atoms with Crippen molar-refractivity contribution in [2.45, 2.75) is 40.2 Å². The molecule has 0 aromatic rings. The summed E-state index contributed by atoms with van der Waals surface area (Å²) >= 11 is 0. The Morgan fingerprint density at radius 2 is 1.50 bits per heavy atom. The van der Waals surface area contributed by atoms with Crippen LogP contribution in [0.3, 0.4) is 0 Å². The highest BCUT2D eigenvalue weighted by molar-refractivity contribution is 6.92. The molecule has 0 spiro atoms. The van der Waals surface area contributed by atoms with E-state index in [-0.39, 0.29) is 17.9 Å². The van der Waals surface area contributed by atoms with Crippen molar-refractivity contribution in [2.24, 2.45) is 5.73 Å². The maximum atomic E-state index is 12.1. The summed E-state index contributed by atoms with van der Waals surface area (Å²) in [7, 11) is -3.18. The summed E-state index contributed by atoms with van der Waals surface area (Å²) in [5.41, 5.74) is 5.61. The number of carbonyl (C=O) groups is 1. The summed E-state index contributed by atoms with van der Waals surface area (Å²) in [5, 5.41) is -0.131. The van der Waals surface area contributed by atoms with Gasteiger partial charge in [0, 0.05) is 32.3 Å². The molecule has 5 nitrogen and oxygen atoms in total. The first kappa shape index (κ1) is 15.7. The molecule has 0 saturated heterocycles. The van der Waals surface area contributed by atoms with Crippen molar-refractivity contribution in [3.8, 4) is 0 Å². The molecule has 0 saturated carbocycles. The maximum absolute atomic E-state index is 12.1. The number of hydrogen-bond donors (Lipinski definition) is 1. The van der Waals surface area contributed by atoms with Gasteiger partial charge in [0.25, 0.3) is 0 Å². The van der Waals surface area contributed by atoms with Crippen LogP contribution in [0.2, 0.25) is 0 Å². The topological polar surface area (TPSA) is 70.8 Å². The maximum Gasteiger partial charge on any atom is 0.574 e. The second-order valence-electron chi connectivity index (χ2n) is 3.46. The van der Waals surface area contributed by atoms with E-state index in [1.165, 1.54) is 0 Å². The van der Waals surface area contributed by atoms with Gasteiger partial charge in [-0.3, -0.25) is 4.79 Å². The molecule has 96 valence electrons. The summed E-state index contributed by atoms with van der Waals surface area (Å²) in [6, 6.07) is -0.208. The zero-order valence-corrected chi connectivity index (χ0v) is 11.6. The van der Waals surface area contributed by atoms with Crippen LogP contribution in [0.5, 0.6) is 0 Å². The van der Waals surface area contributed by atoms with Gasteiger partial charge < -0.3 is 19.0 Å². The Balaban J connectivity index is 4.75. The summed E-state index contributed by atoms with van der Waals surface area (Å²) in [6.07, 6.45) is 0.228. The average molecular weight is 249 g/mol. The molecule has 2 N–H and O–H groups in total. The van der Waals surface area contributed by atoms with Crippen LogP contribution < -0.4 is 5.73 Å². The van der Waals surface area contributed by atoms with Gasteiger partial charge in [0.1, 0.15) is 0 Å². The van der Waals surface area contributed by atoms with E-state index in [0.29, 0.717) is 19.8 Å². The fraction of sp³-hybridized carbons (Fsp3) is 0.900. The van der Waals surface area contributed by atoms with E-state index in [0.717, 1.165) is 0 Å². The Kier molecular flexibility index (Phi) is 7.78. The van der Waals surface area contributed by atoms with Crippen molar-refractivity contribution < 1.29 is 18.1 Å². The van der Waals surface area contributed by atoms with Crippen molar-refractivity contribution in [3.05, 3.63) is 0 Å². The molecule has 0 aliphatic heterocycles. The van der Waals surface area contributed by atoms with Crippen molar-refractivity contribution >= 4 is 14.2 Å². The van der Waals surface area contributed by atoms with Gasteiger partial charge in [0.2, 0.25) is 5.41 Å². The van der Waals surface area contributed by atoms with Gasteiger partial charge in [-0.05, 0) is 27.7 Å². The van der Waals surface area contributed by atoms with Crippen molar-refractivity contribution in [3.63, 3.8) is 0 Å². The van der Waals surface area contributed by atoms with E-state index in [4.69, 9.17) is 19.0 Å². The normalized spacial score (nSPS) is 13.8. The standard InChI is InChI=1S/C10H23NO4Si/c1-5-13-16(14-6-2,15-7-3)10(12)8-9(4)11/h9H,5-8,11H2,1-4H3. The predicted octanol–water partition coefficient (Wildman–Crippen LogP) is 0.880. The molecule has 16 heavy (non-hydrogen) atoms. The first-order chi connectivity index (χ1) is 7.52. The third kappa shape index (κ3) is 4.71. The summed E-state index contributed by atoms with van der Waals surface area (Å²) in [4.78, 5) is 12.1. The fourth-order valence-corrected chi connectivity index (χ4v) is 3.80. The minimum atomic E-state index is -3.18. The lowest BCUT2D eigenvalue weighted by molar-refractivity contribution is -0.119. The second-order valence-corrected chi connectivity index (χ2v) is 6.00. The van der Waals surface area contributed by atoms with Crippen LogP contribution in [-0.4, -0.2) is 40.1 Å². The quantitative estimate of drug-likeness (QED) is 0.614. The molecule has 0 aliphatic rings. The molecule has 0 aliphatic carbocycles. The lowest BCUT2D eigenvalue weighted by atomic mass is 10.3. The predicted molar refractivity (Wildman–Crippen MR) is 63.9 cm³/mol. The summed E-state index contributed by atoms with van der Waals surface area (Å²) in [5.74, 6) is 0. The van der Waals surface area contributed by atoms with Crippen LogP contribution in [0.25, 0.3) is 0 Å². The molecular weight excluding hydrogens is 226 g/mol. The van der Waals surface area contributed by atoms with Crippen LogP contribution in [0, 0.1) is 0 Å². The Bertz CT molecular complexity index is 194. The van der Waals surface area contributed by atoms with E-state index >= 15 is 0 Å². The molecule has 0 rings (SSSR count). The number of carbonyl (C=O) groups excluding carboxylic acids is 1. The van der Waals surface area contributed by atoms with Crippen molar-refractivity contribution in [1.82, 2.24) is 0 Å². The van der Waals surface area contributed by atoms with Crippen LogP contribution in [0.4, 0.5) is 0 Å². The molecule has 0 aromatic heterocycles. The third-order valence-corrected chi connectivity index (χ3v) is 4.75. The Morgan fingerprint density at radius 1 is 1.12 bits per heavy atom. The lowest BCUT2D eigenvalue weighted by Gasteiger charge is -2.27. The zero-order valence-electron chi connectivity index (χ0n) is 10.6. The smallest absolute Gasteiger partial charge is 0.369 e. The van der Waals surface area contributed by atoms with Crippen LogP contribution in [0.15, 0.2) is 0 Å². The Labute approximate surface area is 98.6 Å². The SMILES string of the molecule is CCO[Si](OCC)(OCC)C(=O)CC(C)N. The first-order valence-corrected chi connectivity index (χ1v) is 7.45. The monoisotopic (exact) mass is 249 g/mol. The third-order valence-electron chi connectivity index (χ3n) is 1.85. The second kappa shape index (κ2) is 7.91. The minimum absolute atomic E-state index is 0.131. The Morgan fingerprint density at radius 3 is 1.75 bits per heavy atom. The van der Waals surface area contributed by atoms with Gasteiger partial charge in [-0.2, -0.15) is 0 Å². The highest BCUT2D eigenvalue weighted by Gasteiger charge is 2.49. The molecule has 0 aromatic carbocycles. The molecule has 6 heteroatoms. The zero-order chi connectivity index (χ0) is 12.6. The molecule has 0 fully saturated rings. The van der Waals surface area contributed by atoms with Gasteiger partial charge in [-0.15, -0.1) is 0 Å². The lowest BCUT2D eigenvalue weighted by Crippen LogP contribution is -2.55. The van der Waals surface area contributed by atoms with Gasteiger partial charge in [-0.1, -0.05) is 0 Å². The fourth-order valence-electron chi connectivity index (χ4n) is 1.35. The average Bonchev–Trinajstić information content (AvgIpc) is 2.17. The molecule has 1 unspecified atom stereocenters. The van der Waals surface area contributed by atoms with Crippen LogP contribution >= 0.6 is 0 Å². The summed E-state index contributed by atoms with van der Waals surface area (Å²) in [6.45, 7) is 8.43. The molecular formula is C10H23NO4Si. The molecule has 0 heterocycles. The highest BCUT2D eigenvalue weighted by Crippen LogP contribution is 2.14. The largest absolute Gasteiger partial charge is 0.574 e. The van der Waals surface area contributed by atoms with E-state index in [1.807, 2.05) is 20.8 Å². The van der Waals surface area contributed by atoms with Gasteiger partial charge in [0.15, 0.2) is 0 Å². The molecule has 0 amide bonds. The molecule has 0 radical (unpaired) electrons. The number of nitrogens with two attached hydrogens (primary N) is 1. The van der Waals surface area contributed by atoms with Crippen LogP contribution in [0.1, 0.15) is 34.1 Å². The number of rotatable bonds is 9. The Hall–Kier alpha value is -0.273. The molecule has 0 bridgehead atoms. The van der Waals surface area contributed by atoms with Crippen molar-refractivity contribution in [1.29, 1.82) is 0 Å². The van der Waals surface area contributed by atoms with Crippen molar-refractivity contribution in [2.75, 3.05) is 19.8 Å². The minimum Gasteiger partial charge on any atom is -0.369 e. The van der Waals surface area contributed by atoms with Gasteiger partial charge >= 0.3 is 8.80 Å². The summed E-state index contributed by atoms with van der Waals surface area (Å²) < 4.78 is 16.4. The van der Waals surface area contributed by atoms with E-state index in [9.17, 15) is 4.79 Å². The van der Waals surface area contributed by atoms with Gasteiger partial charge in [-0.25, -0.2) is 0 Å². The first-order valence-electron chi connectivity index (χ1n) is 5.73. The highest BCUT2D eigenvalue weighted by atomic mass is 28.4. The molecule has 1 atom stereocenters. The van der Waals surface area contributed by atoms with Crippen LogP contribution in [-0.2, 0) is 18.1 Å².